The summed E-state index contributed by atoms with van der Waals surface area (Å²) in [7, 11) is 0. The normalized spacial score (nSPS) is 12.7. The first-order valence-corrected chi connectivity index (χ1v) is 6.89. The molecule has 2 aromatic rings. The molecule has 0 aliphatic carbocycles. The van der Waals surface area contributed by atoms with Gasteiger partial charge in [0.1, 0.15) is 5.76 Å². The summed E-state index contributed by atoms with van der Waals surface area (Å²) in [6, 6.07) is 10.8. The molecule has 0 bridgehead atoms. The lowest BCUT2D eigenvalue weighted by molar-refractivity contribution is -0.127. The van der Waals surface area contributed by atoms with Gasteiger partial charge >= 0.3 is 0 Å². The van der Waals surface area contributed by atoms with E-state index in [1.54, 1.807) is 25.1 Å². The highest BCUT2D eigenvalue weighted by Crippen LogP contribution is 2.10. The number of amidine groups is 1. The van der Waals surface area contributed by atoms with Gasteiger partial charge in [0.05, 0.1) is 0 Å². The van der Waals surface area contributed by atoms with Crippen LogP contribution in [0.1, 0.15) is 24.7 Å². The Morgan fingerprint density at radius 3 is 2.77 bits per heavy atom. The van der Waals surface area contributed by atoms with Gasteiger partial charge in [-0.15, -0.1) is 0 Å². The van der Waals surface area contributed by atoms with E-state index in [2.05, 4.69) is 15.6 Å². The molecule has 1 heterocycles. The van der Waals surface area contributed by atoms with Crippen molar-refractivity contribution >= 4 is 17.6 Å². The lowest BCUT2D eigenvalue weighted by atomic mass is 10.2. The smallest absolute Gasteiger partial charge is 0.269 e. The van der Waals surface area contributed by atoms with Crippen LogP contribution in [-0.4, -0.2) is 23.0 Å². The van der Waals surface area contributed by atoms with Crippen molar-refractivity contribution in [3.05, 3.63) is 47.7 Å². The van der Waals surface area contributed by atoms with Crippen molar-refractivity contribution in [2.75, 3.05) is 5.32 Å². The lowest BCUT2D eigenvalue weighted by Crippen LogP contribution is -2.29. The Balaban J connectivity index is 1.98. The number of oxime groups is 1. The van der Waals surface area contributed by atoms with Crippen LogP contribution in [0, 0.1) is 6.92 Å². The van der Waals surface area contributed by atoms with Crippen molar-refractivity contribution in [1.29, 1.82) is 0 Å². The highest BCUT2D eigenvalue weighted by molar-refractivity contribution is 5.97. The maximum atomic E-state index is 12.1. The van der Waals surface area contributed by atoms with Gasteiger partial charge in [-0.25, -0.2) is 0 Å². The molecule has 2 rings (SSSR count). The highest BCUT2D eigenvalue weighted by atomic mass is 16.6. The van der Waals surface area contributed by atoms with Crippen molar-refractivity contribution in [2.45, 2.75) is 26.4 Å². The van der Waals surface area contributed by atoms with Gasteiger partial charge in [0, 0.05) is 11.6 Å². The van der Waals surface area contributed by atoms with Gasteiger partial charge in [-0.2, -0.15) is 0 Å². The molecular formula is C15H18N4O3. The number of hydrogen-bond donors (Lipinski definition) is 2. The largest absolute Gasteiger partial charge is 0.381 e. The minimum absolute atomic E-state index is 0.212. The number of benzene rings is 1. The number of carbonyl (C=O) groups is 1. The number of nitrogens with one attached hydrogen (secondary N) is 1. The summed E-state index contributed by atoms with van der Waals surface area (Å²) in [5, 5.41) is 10.1. The Morgan fingerprint density at radius 1 is 1.45 bits per heavy atom. The van der Waals surface area contributed by atoms with Gasteiger partial charge < -0.3 is 20.4 Å². The molecule has 116 valence electrons. The monoisotopic (exact) mass is 302 g/mol. The average molecular weight is 302 g/mol. The van der Waals surface area contributed by atoms with Gasteiger partial charge in [-0.1, -0.05) is 47.6 Å². The number of anilines is 1. The van der Waals surface area contributed by atoms with Crippen molar-refractivity contribution in [2.24, 2.45) is 10.9 Å². The molecule has 1 amide bonds. The second-order valence-corrected chi connectivity index (χ2v) is 4.66. The van der Waals surface area contributed by atoms with Crippen LogP contribution in [0.2, 0.25) is 0 Å². The van der Waals surface area contributed by atoms with Crippen LogP contribution in [0.15, 0.2) is 46.1 Å². The van der Waals surface area contributed by atoms with E-state index in [4.69, 9.17) is 15.1 Å². The summed E-state index contributed by atoms with van der Waals surface area (Å²) in [4.78, 5) is 17.3. The standard InChI is InChI=1S/C15H18N4O3/c1-3-12(15(20)17-13-9-10(2)21-18-13)22-19-14(16)11-7-5-4-6-8-11/h4-9,12H,3H2,1-2H3,(H2,16,19)(H,17,18,20). The summed E-state index contributed by atoms with van der Waals surface area (Å²) in [5.41, 5.74) is 6.55. The number of hydrogen-bond acceptors (Lipinski definition) is 5. The number of carbonyl (C=O) groups excluding carboxylic acids is 1. The zero-order valence-corrected chi connectivity index (χ0v) is 12.4. The summed E-state index contributed by atoms with van der Waals surface area (Å²) in [6.45, 7) is 3.55. The molecule has 0 spiro atoms. The summed E-state index contributed by atoms with van der Waals surface area (Å²) < 4.78 is 4.88. The third-order valence-corrected chi connectivity index (χ3v) is 2.89. The fourth-order valence-corrected chi connectivity index (χ4v) is 1.72. The predicted octanol–water partition coefficient (Wildman–Crippen LogP) is 2.04. The van der Waals surface area contributed by atoms with Crippen molar-refractivity contribution < 1.29 is 14.2 Å². The molecule has 7 nitrogen and oxygen atoms in total. The SMILES string of the molecule is CCC(ON=C(N)c1ccccc1)C(=O)Nc1cc(C)on1. The van der Waals surface area contributed by atoms with Crippen LogP contribution in [0.5, 0.6) is 0 Å². The molecule has 1 aromatic heterocycles. The van der Waals surface area contributed by atoms with E-state index < -0.39 is 6.10 Å². The summed E-state index contributed by atoms with van der Waals surface area (Å²) in [5.74, 6) is 0.796. The minimum Gasteiger partial charge on any atom is -0.381 e. The molecule has 0 aliphatic heterocycles. The zero-order chi connectivity index (χ0) is 15.9. The quantitative estimate of drug-likeness (QED) is 0.483. The van der Waals surface area contributed by atoms with Crippen LogP contribution in [-0.2, 0) is 9.63 Å². The van der Waals surface area contributed by atoms with E-state index in [1.807, 2.05) is 25.1 Å². The Bertz CT molecular complexity index is 652. The second-order valence-electron chi connectivity index (χ2n) is 4.66. The van der Waals surface area contributed by atoms with Crippen molar-refractivity contribution in [1.82, 2.24) is 5.16 Å². The van der Waals surface area contributed by atoms with Gasteiger partial charge in [0.25, 0.3) is 5.91 Å². The van der Waals surface area contributed by atoms with Crippen LogP contribution in [0.3, 0.4) is 0 Å². The van der Waals surface area contributed by atoms with Gasteiger partial charge in [0.15, 0.2) is 11.7 Å². The van der Waals surface area contributed by atoms with Crippen LogP contribution in [0.25, 0.3) is 0 Å². The highest BCUT2D eigenvalue weighted by Gasteiger charge is 2.19. The second kappa shape index (κ2) is 7.26. The molecule has 1 unspecified atom stereocenters. The summed E-state index contributed by atoms with van der Waals surface area (Å²) >= 11 is 0. The molecule has 3 N–H and O–H groups in total. The zero-order valence-electron chi connectivity index (χ0n) is 12.4. The number of rotatable bonds is 6. The fourth-order valence-electron chi connectivity index (χ4n) is 1.72. The first-order valence-electron chi connectivity index (χ1n) is 6.89. The molecule has 7 heteroatoms. The number of aromatic nitrogens is 1. The van der Waals surface area contributed by atoms with Gasteiger partial charge in [-0.05, 0) is 13.3 Å². The van der Waals surface area contributed by atoms with Crippen molar-refractivity contribution in [3.63, 3.8) is 0 Å². The van der Waals surface area contributed by atoms with E-state index in [0.717, 1.165) is 5.56 Å². The lowest BCUT2D eigenvalue weighted by Gasteiger charge is -2.12. The number of nitrogens with two attached hydrogens (primary N) is 1. The van der Waals surface area contributed by atoms with E-state index in [1.165, 1.54) is 0 Å². The van der Waals surface area contributed by atoms with Crippen LogP contribution in [0.4, 0.5) is 5.82 Å². The molecule has 0 aliphatic rings. The average Bonchev–Trinajstić information content (AvgIpc) is 2.93. The maximum absolute atomic E-state index is 12.1. The first kappa shape index (κ1) is 15.6. The number of amides is 1. The van der Waals surface area contributed by atoms with Gasteiger partial charge in [-0.3, -0.25) is 4.79 Å². The number of aryl methyl sites for hydroxylation is 1. The molecule has 0 radical (unpaired) electrons. The molecule has 0 saturated carbocycles. The Labute approximate surface area is 128 Å². The molecular weight excluding hydrogens is 284 g/mol. The topological polar surface area (TPSA) is 103 Å². The summed E-state index contributed by atoms with van der Waals surface area (Å²) in [6.07, 6.45) is -0.326. The Kier molecular flexibility index (Phi) is 5.13. The molecule has 0 saturated heterocycles. The molecule has 1 aromatic carbocycles. The third kappa shape index (κ3) is 4.08. The van der Waals surface area contributed by atoms with E-state index in [0.29, 0.717) is 18.0 Å². The Morgan fingerprint density at radius 2 is 2.18 bits per heavy atom. The first-order chi connectivity index (χ1) is 10.6. The van der Waals surface area contributed by atoms with E-state index in [-0.39, 0.29) is 11.7 Å². The maximum Gasteiger partial charge on any atom is 0.269 e. The van der Waals surface area contributed by atoms with Crippen LogP contribution >= 0.6 is 0 Å². The fraction of sp³-hybridized carbons (Fsp3) is 0.267. The number of nitrogens with zero attached hydrogens (tertiary/aromatic N) is 2. The van der Waals surface area contributed by atoms with E-state index in [9.17, 15) is 4.79 Å². The van der Waals surface area contributed by atoms with Crippen molar-refractivity contribution in [3.8, 4) is 0 Å². The Hall–Kier alpha value is -2.83. The molecule has 1 atom stereocenters. The van der Waals surface area contributed by atoms with Gasteiger partial charge in [0.2, 0.25) is 6.10 Å². The predicted molar refractivity (Wildman–Crippen MR) is 82.2 cm³/mol. The minimum atomic E-state index is -0.765. The third-order valence-electron chi connectivity index (χ3n) is 2.89. The molecule has 22 heavy (non-hydrogen) atoms. The van der Waals surface area contributed by atoms with Crippen LogP contribution < -0.4 is 11.1 Å². The molecule has 0 fully saturated rings. The van der Waals surface area contributed by atoms with E-state index >= 15 is 0 Å².